The van der Waals surface area contributed by atoms with E-state index in [2.05, 4.69) is 32.2 Å². The van der Waals surface area contributed by atoms with Crippen LogP contribution in [0, 0.1) is 12.8 Å². The molecular formula is C35H43N5O4S. The molecule has 1 atom stereocenters. The minimum atomic E-state index is -3.75. The Morgan fingerprint density at radius 2 is 1.87 bits per heavy atom. The van der Waals surface area contributed by atoms with E-state index in [1.165, 1.54) is 38.5 Å². The summed E-state index contributed by atoms with van der Waals surface area (Å²) in [6, 6.07) is 20.7. The van der Waals surface area contributed by atoms with Gasteiger partial charge < -0.3 is 19.8 Å². The van der Waals surface area contributed by atoms with Crippen molar-refractivity contribution in [3.8, 4) is 0 Å². The molecule has 1 saturated carbocycles. The lowest BCUT2D eigenvalue weighted by molar-refractivity contribution is 0.138. The monoisotopic (exact) mass is 629 g/mol. The van der Waals surface area contributed by atoms with E-state index in [1.807, 2.05) is 31.2 Å². The fraction of sp³-hybridized carbons (Fsp3) is 0.429. The standard InChI is InChI=1S/C35H43N5O4S/c1-25-22-34(44-38-25)33(41)24-36-20-18-27-12-14-30(15-13-27)39-45(42,43)31-16-17-32-28(23-31)19-21-40(32)35-11-5-10-29(37-35)9-4-8-26-6-2-3-7-26/h5,10-17,22-23,26,33,36,39,41H,2-4,6-9,18-21,24H2,1H3. The Labute approximate surface area is 266 Å². The van der Waals surface area contributed by atoms with Crippen LogP contribution >= 0.6 is 0 Å². The van der Waals surface area contributed by atoms with E-state index in [1.54, 1.807) is 30.3 Å². The second kappa shape index (κ2) is 14.1. The summed E-state index contributed by atoms with van der Waals surface area (Å²) in [4.78, 5) is 7.42. The Morgan fingerprint density at radius 1 is 1.04 bits per heavy atom. The number of rotatable bonds is 14. The molecule has 0 saturated heterocycles. The average Bonchev–Trinajstić information content (AvgIpc) is 3.81. The average molecular weight is 630 g/mol. The van der Waals surface area contributed by atoms with Crippen molar-refractivity contribution in [2.45, 2.75) is 75.7 Å². The van der Waals surface area contributed by atoms with Gasteiger partial charge in [0.15, 0.2) is 5.76 Å². The highest BCUT2D eigenvalue weighted by Crippen LogP contribution is 2.36. The van der Waals surface area contributed by atoms with E-state index >= 15 is 0 Å². The number of aromatic nitrogens is 2. The molecule has 1 aliphatic heterocycles. The Hall–Kier alpha value is -3.73. The van der Waals surface area contributed by atoms with Crippen LogP contribution in [-0.4, -0.2) is 43.3 Å². The van der Waals surface area contributed by atoms with Crippen LogP contribution in [0.15, 0.2) is 76.1 Å². The Bertz CT molecular complexity index is 1680. The third kappa shape index (κ3) is 7.92. The van der Waals surface area contributed by atoms with Crippen molar-refractivity contribution in [2.24, 2.45) is 5.92 Å². The summed E-state index contributed by atoms with van der Waals surface area (Å²) in [6.45, 7) is 3.60. The number of hydrogen-bond acceptors (Lipinski definition) is 8. The minimum Gasteiger partial charge on any atom is -0.384 e. The first-order valence-corrected chi connectivity index (χ1v) is 17.6. The third-order valence-corrected chi connectivity index (χ3v) is 10.3. The van der Waals surface area contributed by atoms with E-state index < -0.39 is 16.1 Å². The van der Waals surface area contributed by atoms with Crippen LogP contribution < -0.4 is 14.9 Å². The summed E-state index contributed by atoms with van der Waals surface area (Å²) in [5.74, 6) is 2.27. The fourth-order valence-electron chi connectivity index (χ4n) is 6.48. The Morgan fingerprint density at radius 3 is 2.64 bits per heavy atom. The van der Waals surface area contributed by atoms with Gasteiger partial charge >= 0.3 is 0 Å². The van der Waals surface area contributed by atoms with Gasteiger partial charge in [0, 0.05) is 36.2 Å². The van der Waals surface area contributed by atoms with Crippen LogP contribution in [0.1, 0.15) is 72.9 Å². The summed E-state index contributed by atoms with van der Waals surface area (Å²) >= 11 is 0. The van der Waals surface area contributed by atoms with Gasteiger partial charge in [-0.1, -0.05) is 55.5 Å². The molecule has 0 spiro atoms. The van der Waals surface area contributed by atoms with Gasteiger partial charge in [0.1, 0.15) is 11.9 Å². The van der Waals surface area contributed by atoms with Gasteiger partial charge in [-0.3, -0.25) is 4.72 Å². The normalized spacial score (nSPS) is 15.8. The van der Waals surface area contributed by atoms with Gasteiger partial charge in [0.05, 0.1) is 10.6 Å². The molecule has 2 aliphatic rings. The fourth-order valence-corrected chi connectivity index (χ4v) is 7.59. The molecule has 0 amide bonds. The number of anilines is 3. The number of pyridine rings is 1. The van der Waals surface area contributed by atoms with E-state index in [0.717, 1.165) is 65.7 Å². The molecule has 1 unspecified atom stereocenters. The van der Waals surface area contributed by atoms with Crippen LogP contribution in [0.3, 0.4) is 0 Å². The number of hydrogen-bond donors (Lipinski definition) is 3. The van der Waals surface area contributed by atoms with E-state index in [0.29, 0.717) is 24.5 Å². The minimum absolute atomic E-state index is 0.255. The van der Waals surface area contributed by atoms with E-state index in [9.17, 15) is 13.5 Å². The maximum atomic E-state index is 13.3. The Balaban J connectivity index is 1.01. The van der Waals surface area contributed by atoms with E-state index in [-0.39, 0.29) is 4.90 Å². The number of fused-ring (bicyclic) bond motifs is 1. The first-order valence-electron chi connectivity index (χ1n) is 16.1. The number of aliphatic hydroxyl groups is 1. The first-order chi connectivity index (χ1) is 21.8. The van der Waals surface area contributed by atoms with Crippen molar-refractivity contribution in [2.75, 3.05) is 29.3 Å². The molecule has 1 aliphatic carbocycles. The van der Waals surface area contributed by atoms with Crippen molar-refractivity contribution >= 4 is 27.2 Å². The second-order valence-electron chi connectivity index (χ2n) is 12.4. The number of aliphatic hydroxyl groups excluding tert-OH is 1. The van der Waals surface area contributed by atoms with Gasteiger partial charge in [0.25, 0.3) is 10.0 Å². The maximum absolute atomic E-state index is 13.3. The highest BCUT2D eigenvalue weighted by molar-refractivity contribution is 7.92. The highest BCUT2D eigenvalue weighted by Gasteiger charge is 2.25. The molecule has 0 bridgehead atoms. The summed E-state index contributed by atoms with van der Waals surface area (Å²) < 4.78 is 34.4. The Kier molecular flexibility index (Phi) is 9.82. The number of aryl methyl sites for hydroxylation is 2. The molecule has 238 valence electrons. The quantitative estimate of drug-likeness (QED) is 0.140. The summed E-state index contributed by atoms with van der Waals surface area (Å²) in [7, 11) is -3.75. The lowest BCUT2D eigenvalue weighted by Crippen LogP contribution is -2.23. The van der Waals surface area contributed by atoms with Crippen molar-refractivity contribution in [3.63, 3.8) is 0 Å². The molecule has 3 heterocycles. The van der Waals surface area contributed by atoms with Crippen LogP contribution in [0.4, 0.5) is 17.2 Å². The van der Waals surface area contributed by atoms with Crippen LogP contribution in [0.2, 0.25) is 0 Å². The predicted octanol–water partition coefficient (Wildman–Crippen LogP) is 6.25. The zero-order chi connectivity index (χ0) is 31.2. The zero-order valence-corrected chi connectivity index (χ0v) is 26.7. The molecule has 6 rings (SSSR count). The lowest BCUT2D eigenvalue weighted by Gasteiger charge is -2.19. The van der Waals surface area contributed by atoms with Crippen molar-refractivity contribution < 1.29 is 18.0 Å². The van der Waals surface area contributed by atoms with Gasteiger partial charge in [-0.25, -0.2) is 13.4 Å². The van der Waals surface area contributed by atoms with E-state index in [4.69, 9.17) is 9.51 Å². The molecule has 3 N–H and O–H groups in total. The van der Waals surface area contributed by atoms with Gasteiger partial charge in [0.2, 0.25) is 0 Å². The molecule has 10 heteroatoms. The lowest BCUT2D eigenvalue weighted by atomic mass is 10.00. The summed E-state index contributed by atoms with van der Waals surface area (Å²) in [6.07, 6.45) is 9.76. The molecule has 2 aromatic carbocycles. The molecule has 9 nitrogen and oxygen atoms in total. The molecule has 2 aromatic heterocycles. The summed E-state index contributed by atoms with van der Waals surface area (Å²) in [5.41, 5.74) is 5.46. The molecule has 0 radical (unpaired) electrons. The maximum Gasteiger partial charge on any atom is 0.261 e. The predicted molar refractivity (Wildman–Crippen MR) is 176 cm³/mol. The summed E-state index contributed by atoms with van der Waals surface area (Å²) in [5, 5.41) is 17.2. The number of benzene rings is 2. The highest BCUT2D eigenvalue weighted by atomic mass is 32.2. The number of nitrogens with one attached hydrogen (secondary N) is 2. The SMILES string of the molecule is Cc1cc(C(O)CNCCc2ccc(NS(=O)(=O)c3ccc4c(c3)CCN4c3cccc(CCCC4CCCC4)n3)cc2)on1. The van der Waals surface area contributed by atoms with Crippen LogP contribution in [-0.2, 0) is 29.3 Å². The molecule has 1 fully saturated rings. The van der Waals surface area contributed by atoms with Crippen LogP contribution in [0.25, 0.3) is 0 Å². The van der Waals surface area contributed by atoms with Gasteiger partial charge in [-0.05, 0) is 98.7 Å². The van der Waals surface area contributed by atoms with Gasteiger partial charge in [-0.2, -0.15) is 0 Å². The zero-order valence-electron chi connectivity index (χ0n) is 25.9. The van der Waals surface area contributed by atoms with Crippen molar-refractivity contribution in [3.05, 3.63) is 95.0 Å². The number of sulfonamides is 1. The van der Waals surface area contributed by atoms with Crippen LogP contribution in [0.5, 0.6) is 0 Å². The largest absolute Gasteiger partial charge is 0.384 e. The number of nitrogens with zero attached hydrogens (tertiary/aromatic N) is 3. The smallest absolute Gasteiger partial charge is 0.261 e. The molecule has 45 heavy (non-hydrogen) atoms. The first kappa shape index (κ1) is 31.3. The molecular weight excluding hydrogens is 586 g/mol. The topological polar surface area (TPSA) is 121 Å². The second-order valence-corrected chi connectivity index (χ2v) is 14.0. The molecule has 4 aromatic rings. The third-order valence-electron chi connectivity index (χ3n) is 8.95. The van der Waals surface area contributed by atoms with Crippen molar-refractivity contribution in [1.82, 2.24) is 15.5 Å². The van der Waals surface area contributed by atoms with Crippen molar-refractivity contribution in [1.29, 1.82) is 0 Å². The van der Waals surface area contributed by atoms with Gasteiger partial charge in [-0.15, -0.1) is 0 Å².